The van der Waals surface area contributed by atoms with E-state index in [1.165, 1.54) is 11.8 Å². The summed E-state index contributed by atoms with van der Waals surface area (Å²) in [5, 5.41) is 2.76. The van der Waals surface area contributed by atoms with E-state index in [0.29, 0.717) is 36.1 Å². The first kappa shape index (κ1) is 16.5. The van der Waals surface area contributed by atoms with Crippen molar-refractivity contribution in [3.05, 3.63) is 42.5 Å². The maximum Gasteiger partial charge on any atom is 0.237 e. The number of thioether (sulfide) groups is 1. The molecule has 1 unspecified atom stereocenters. The van der Waals surface area contributed by atoms with Crippen LogP contribution in [0.2, 0.25) is 0 Å². The van der Waals surface area contributed by atoms with Crippen LogP contribution in [0.4, 0.5) is 11.4 Å². The molecule has 0 saturated carbocycles. The molecule has 6 heteroatoms. The van der Waals surface area contributed by atoms with Gasteiger partial charge in [-0.15, -0.1) is 11.8 Å². The molecule has 0 aliphatic carbocycles. The molecular formula is C18H20N2O3S. The number of benzene rings is 2. The molecule has 0 fully saturated rings. The Labute approximate surface area is 145 Å². The average Bonchev–Trinajstić information content (AvgIpc) is 2.59. The molecule has 0 saturated heterocycles. The predicted octanol–water partition coefficient (Wildman–Crippen LogP) is 3.55. The molecule has 1 amide bonds. The minimum atomic E-state index is -0.194. The van der Waals surface area contributed by atoms with Gasteiger partial charge < -0.3 is 20.5 Å². The van der Waals surface area contributed by atoms with Crippen molar-refractivity contribution >= 4 is 29.0 Å². The largest absolute Gasteiger partial charge is 0.486 e. The molecule has 0 spiro atoms. The maximum absolute atomic E-state index is 12.6. The van der Waals surface area contributed by atoms with Crippen LogP contribution < -0.4 is 20.5 Å². The Morgan fingerprint density at radius 1 is 1.21 bits per heavy atom. The summed E-state index contributed by atoms with van der Waals surface area (Å²) in [5.41, 5.74) is 7.20. The van der Waals surface area contributed by atoms with Gasteiger partial charge in [-0.1, -0.05) is 13.0 Å². The molecule has 1 atom stereocenters. The summed E-state index contributed by atoms with van der Waals surface area (Å²) in [6.45, 7) is 3.06. The summed E-state index contributed by atoms with van der Waals surface area (Å²) in [6.07, 6.45) is 0.718. The van der Waals surface area contributed by atoms with Crippen LogP contribution >= 0.6 is 11.8 Å². The van der Waals surface area contributed by atoms with Crippen molar-refractivity contribution in [2.75, 3.05) is 24.3 Å². The molecule has 0 bridgehead atoms. The fourth-order valence-corrected chi connectivity index (χ4v) is 3.44. The molecule has 1 aliphatic rings. The quantitative estimate of drug-likeness (QED) is 0.641. The third-order valence-electron chi connectivity index (χ3n) is 3.61. The molecule has 2 aromatic rings. The summed E-state index contributed by atoms with van der Waals surface area (Å²) in [6, 6.07) is 13.0. The zero-order chi connectivity index (χ0) is 16.9. The highest BCUT2D eigenvalue weighted by atomic mass is 32.2. The topological polar surface area (TPSA) is 73.6 Å². The minimum absolute atomic E-state index is 0.0402. The van der Waals surface area contributed by atoms with Crippen molar-refractivity contribution in [1.82, 2.24) is 0 Å². The van der Waals surface area contributed by atoms with E-state index >= 15 is 0 Å². The van der Waals surface area contributed by atoms with Gasteiger partial charge in [0.05, 0.1) is 5.25 Å². The number of carbonyl (C=O) groups excluding carboxylic acids is 1. The highest BCUT2D eigenvalue weighted by Gasteiger charge is 2.19. The smallest absolute Gasteiger partial charge is 0.237 e. The van der Waals surface area contributed by atoms with Crippen molar-refractivity contribution in [3.63, 3.8) is 0 Å². The second-order valence-electron chi connectivity index (χ2n) is 5.43. The lowest BCUT2D eigenvalue weighted by atomic mass is 10.2. The first-order valence-corrected chi connectivity index (χ1v) is 8.76. The normalized spacial score (nSPS) is 14.0. The number of anilines is 2. The van der Waals surface area contributed by atoms with Gasteiger partial charge in [-0.3, -0.25) is 4.79 Å². The monoisotopic (exact) mass is 344 g/mol. The molecule has 3 rings (SSSR count). The third-order valence-corrected chi connectivity index (χ3v) is 4.97. The van der Waals surface area contributed by atoms with E-state index in [0.717, 1.165) is 11.3 Å². The van der Waals surface area contributed by atoms with Crippen molar-refractivity contribution in [2.45, 2.75) is 23.5 Å². The highest BCUT2D eigenvalue weighted by Crippen LogP contribution is 2.33. The molecule has 1 aliphatic heterocycles. The van der Waals surface area contributed by atoms with Crippen LogP contribution in [0.5, 0.6) is 11.5 Å². The van der Waals surface area contributed by atoms with E-state index in [9.17, 15) is 4.79 Å². The number of ether oxygens (including phenoxy) is 2. The van der Waals surface area contributed by atoms with Gasteiger partial charge in [-0.25, -0.2) is 0 Å². The van der Waals surface area contributed by atoms with E-state index in [-0.39, 0.29) is 11.2 Å². The van der Waals surface area contributed by atoms with E-state index in [4.69, 9.17) is 15.2 Å². The standard InChI is InChI=1S/C18H20N2O3S/c1-2-17(24-14-5-3-4-12(19)10-14)18(21)20-13-6-7-15-16(11-13)23-9-8-22-15/h3-7,10-11,17H,2,8-9,19H2,1H3,(H,20,21). The molecule has 0 radical (unpaired) electrons. The number of rotatable bonds is 5. The Morgan fingerprint density at radius 2 is 2.00 bits per heavy atom. The summed E-state index contributed by atoms with van der Waals surface area (Å²) < 4.78 is 11.0. The van der Waals surface area contributed by atoms with Gasteiger partial charge in [0, 0.05) is 22.3 Å². The number of fused-ring (bicyclic) bond motifs is 1. The third kappa shape index (κ3) is 3.94. The Bertz CT molecular complexity index is 736. The van der Waals surface area contributed by atoms with E-state index in [1.54, 1.807) is 6.07 Å². The second kappa shape index (κ2) is 7.49. The van der Waals surface area contributed by atoms with Gasteiger partial charge >= 0.3 is 0 Å². The highest BCUT2D eigenvalue weighted by molar-refractivity contribution is 8.00. The van der Waals surface area contributed by atoms with Gasteiger partial charge in [0.2, 0.25) is 5.91 Å². The molecule has 3 N–H and O–H groups in total. The van der Waals surface area contributed by atoms with Crippen LogP contribution in [0, 0.1) is 0 Å². The Hall–Kier alpha value is -2.34. The molecule has 24 heavy (non-hydrogen) atoms. The number of nitrogens with two attached hydrogens (primary N) is 1. The Balaban J connectivity index is 1.68. The fraction of sp³-hybridized carbons (Fsp3) is 0.278. The van der Waals surface area contributed by atoms with Gasteiger partial charge in [0.25, 0.3) is 0 Å². The number of amides is 1. The van der Waals surface area contributed by atoms with Gasteiger partial charge in [-0.2, -0.15) is 0 Å². The molecule has 2 aromatic carbocycles. The van der Waals surface area contributed by atoms with Crippen LogP contribution in [-0.4, -0.2) is 24.4 Å². The maximum atomic E-state index is 12.6. The first-order chi connectivity index (χ1) is 11.7. The Morgan fingerprint density at radius 3 is 2.75 bits per heavy atom. The first-order valence-electron chi connectivity index (χ1n) is 7.88. The number of nitrogens with one attached hydrogen (secondary N) is 1. The summed E-state index contributed by atoms with van der Waals surface area (Å²) in [4.78, 5) is 13.6. The zero-order valence-electron chi connectivity index (χ0n) is 13.5. The summed E-state index contributed by atoms with van der Waals surface area (Å²) in [7, 11) is 0. The minimum Gasteiger partial charge on any atom is -0.486 e. The molecule has 1 heterocycles. The van der Waals surface area contributed by atoms with Crippen LogP contribution in [0.1, 0.15) is 13.3 Å². The lowest BCUT2D eigenvalue weighted by Gasteiger charge is -2.20. The Kier molecular flexibility index (Phi) is 5.15. The van der Waals surface area contributed by atoms with Crippen molar-refractivity contribution in [3.8, 4) is 11.5 Å². The van der Waals surface area contributed by atoms with Crippen molar-refractivity contribution in [2.24, 2.45) is 0 Å². The van der Waals surface area contributed by atoms with Gasteiger partial charge in [0.15, 0.2) is 11.5 Å². The molecular weight excluding hydrogens is 324 g/mol. The van der Waals surface area contributed by atoms with Crippen LogP contribution in [0.3, 0.4) is 0 Å². The molecule has 0 aromatic heterocycles. The summed E-state index contributed by atoms with van der Waals surface area (Å²) in [5.74, 6) is 1.33. The van der Waals surface area contributed by atoms with Crippen molar-refractivity contribution < 1.29 is 14.3 Å². The van der Waals surface area contributed by atoms with Gasteiger partial charge in [-0.05, 0) is 36.8 Å². The average molecular weight is 344 g/mol. The van der Waals surface area contributed by atoms with Gasteiger partial charge in [0.1, 0.15) is 13.2 Å². The number of carbonyl (C=O) groups is 1. The van der Waals surface area contributed by atoms with E-state index in [2.05, 4.69) is 5.32 Å². The molecule has 126 valence electrons. The van der Waals surface area contributed by atoms with E-state index < -0.39 is 0 Å². The fourth-order valence-electron chi connectivity index (χ4n) is 2.42. The SMILES string of the molecule is CCC(Sc1cccc(N)c1)C(=O)Nc1ccc2c(c1)OCCO2. The number of nitrogen functional groups attached to an aromatic ring is 1. The number of hydrogen-bond donors (Lipinski definition) is 2. The van der Waals surface area contributed by atoms with E-state index in [1.807, 2.05) is 43.3 Å². The summed E-state index contributed by atoms with van der Waals surface area (Å²) >= 11 is 1.51. The molecule has 5 nitrogen and oxygen atoms in total. The van der Waals surface area contributed by atoms with Crippen LogP contribution in [-0.2, 0) is 4.79 Å². The predicted molar refractivity (Wildman–Crippen MR) is 96.9 cm³/mol. The lowest BCUT2D eigenvalue weighted by molar-refractivity contribution is -0.115. The van der Waals surface area contributed by atoms with Crippen LogP contribution in [0.15, 0.2) is 47.4 Å². The zero-order valence-corrected chi connectivity index (χ0v) is 14.3. The van der Waals surface area contributed by atoms with Crippen LogP contribution in [0.25, 0.3) is 0 Å². The number of hydrogen-bond acceptors (Lipinski definition) is 5. The lowest BCUT2D eigenvalue weighted by Crippen LogP contribution is -2.24. The second-order valence-corrected chi connectivity index (χ2v) is 6.71. The van der Waals surface area contributed by atoms with Crippen molar-refractivity contribution in [1.29, 1.82) is 0 Å².